The molecule has 1 amide bonds. The molecule has 0 radical (unpaired) electrons. The molecule has 0 spiro atoms. The number of benzene rings is 1. The van der Waals surface area contributed by atoms with E-state index in [1.54, 1.807) is 4.90 Å². The molecule has 1 aromatic rings. The molecule has 2 rings (SSSR count). The van der Waals surface area contributed by atoms with E-state index in [1.807, 2.05) is 39.0 Å². The van der Waals surface area contributed by atoms with Gasteiger partial charge >= 0.3 is 0 Å². The molecular weight excluding hydrogens is 302 g/mol. The van der Waals surface area contributed by atoms with Crippen LogP contribution in [0.3, 0.4) is 0 Å². The number of hydrogen-bond acceptors (Lipinski definition) is 4. The van der Waals surface area contributed by atoms with Crippen LogP contribution in [0.25, 0.3) is 0 Å². The van der Waals surface area contributed by atoms with Gasteiger partial charge in [-0.2, -0.15) is 5.26 Å². The molecule has 5 nitrogen and oxygen atoms in total. The van der Waals surface area contributed by atoms with E-state index in [1.165, 1.54) is 0 Å². The van der Waals surface area contributed by atoms with Gasteiger partial charge in [0.2, 0.25) is 5.91 Å². The Kier molecular flexibility index (Phi) is 6.36. The summed E-state index contributed by atoms with van der Waals surface area (Å²) in [5.74, 6) is 0.260. The van der Waals surface area contributed by atoms with E-state index in [-0.39, 0.29) is 17.9 Å². The number of amides is 1. The molecule has 1 fully saturated rings. The Morgan fingerprint density at radius 3 is 2.88 bits per heavy atom. The molecule has 1 saturated heterocycles. The molecule has 0 aliphatic carbocycles. The zero-order chi connectivity index (χ0) is 17.7. The predicted octanol–water partition coefficient (Wildman–Crippen LogP) is 2.25. The van der Waals surface area contributed by atoms with Crippen molar-refractivity contribution in [3.05, 3.63) is 29.3 Å². The summed E-state index contributed by atoms with van der Waals surface area (Å²) in [5, 5.41) is 18.6. The maximum atomic E-state index is 12.9. The smallest absolute Gasteiger partial charge is 0.241 e. The lowest BCUT2D eigenvalue weighted by Crippen LogP contribution is -2.41. The number of aliphatic hydroxyl groups is 1. The van der Waals surface area contributed by atoms with E-state index >= 15 is 0 Å². The number of aryl methyl sites for hydroxylation is 1. The third-order valence-corrected chi connectivity index (χ3v) is 4.97. The van der Waals surface area contributed by atoms with Crippen molar-refractivity contribution < 1.29 is 9.90 Å². The van der Waals surface area contributed by atoms with Gasteiger partial charge in [-0.15, -0.1) is 0 Å². The van der Waals surface area contributed by atoms with Gasteiger partial charge in [-0.25, -0.2) is 0 Å². The first-order chi connectivity index (χ1) is 11.4. The van der Waals surface area contributed by atoms with Crippen molar-refractivity contribution in [3.8, 4) is 6.07 Å². The first-order valence-electron chi connectivity index (χ1n) is 8.58. The molecule has 1 aliphatic rings. The number of nitrogens with zero attached hydrogens (tertiary/aromatic N) is 3. The van der Waals surface area contributed by atoms with Crippen molar-refractivity contribution in [2.75, 3.05) is 31.1 Å². The van der Waals surface area contributed by atoms with Gasteiger partial charge in [0, 0.05) is 18.8 Å². The molecule has 2 unspecified atom stereocenters. The average molecular weight is 329 g/mol. The van der Waals surface area contributed by atoms with Gasteiger partial charge in [-0.3, -0.25) is 9.69 Å². The summed E-state index contributed by atoms with van der Waals surface area (Å²) in [4.78, 5) is 16.7. The molecule has 1 N–H and O–H groups in total. The Balaban J connectivity index is 2.12. The molecule has 130 valence electrons. The Morgan fingerprint density at radius 2 is 2.25 bits per heavy atom. The van der Waals surface area contributed by atoms with Gasteiger partial charge in [0.25, 0.3) is 0 Å². The minimum atomic E-state index is -0.334. The van der Waals surface area contributed by atoms with Crippen LogP contribution in [0.2, 0.25) is 0 Å². The number of hydrogen-bond donors (Lipinski definition) is 1. The highest BCUT2D eigenvalue weighted by molar-refractivity contribution is 5.95. The van der Waals surface area contributed by atoms with Crippen molar-refractivity contribution >= 4 is 11.6 Å². The van der Waals surface area contributed by atoms with Crippen molar-refractivity contribution in [1.82, 2.24) is 4.90 Å². The topological polar surface area (TPSA) is 67.6 Å². The second kappa shape index (κ2) is 8.27. The first kappa shape index (κ1) is 18.4. The molecule has 0 bridgehead atoms. The Morgan fingerprint density at radius 1 is 1.50 bits per heavy atom. The first-order valence-corrected chi connectivity index (χ1v) is 8.58. The van der Waals surface area contributed by atoms with Crippen LogP contribution in [-0.4, -0.2) is 48.2 Å². The zero-order valence-corrected chi connectivity index (χ0v) is 14.8. The number of aliphatic hydroxyl groups excluding tert-OH is 1. The fourth-order valence-corrected chi connectivity index (χ4v) is 3.25. The van der Waals surface area contributed by atoms with Crippen molar-refractivity contribution in [2.24, 2.45) is 5.92 Å². The number of carbonyl (C=O) groups excluding carboxylic acids is 1. The molecule has 1 heterocycles. The lowest BCUT2D eigenvalue weighted by atomic mass is 10.0. The molecular formula is C19H27N3O2. The summed E-state index contributed by atoms with van der Waals surface area (Å²) in [5.41, 5.74) is 3.10. The maximum Gasteiger partial charge on any atom is 0.241 e. The monoisotopic (exact) mass is 329 g/mol. The number of rotatable bonds is 6. The minimum absolute atomic E-state index is 0.0187. The number of nitriles is 1. The molecule has 1 aromatic carbocycles. The van der Waals surface area contributed by atoms with E-state index in [9.17, 15) is 9.90 Å². The third-order valence-electron chi connectivity index (χ3n) is 4.97. The van der Waals surface area contributed by atoms with E-state index in [0.29, 0.717) is 19.5 Å². The van der Waals surface area contributed by atoms with Gasteiger partial charge in [-0.1, -0.05) is 12.1 Å². The molecule has 1 aliphatic heterocycles. The molecule has 0 saturated carbocycles. The normalized spacial score (nSPS) is 19.0. The lowest BCUT2D eigenvalue weighted by Gasteiger charge is -2.27. The van der Waals surface area contributed by atoms with Gasteiger partial charge in [-0.05, 0) is 56.8 Å². The summed E-state index contributed by atoms with van der Waals surface area (Å²) >= 11 is 0. The Hall–Kier alpha value is -1.90. The lowest BCUT2D eigenvalue weighted by molar-refractivity contribution is -0.119. The van der Waals surface area contributed by atoms with E-state index in [0.717, 1.165) is 36.3 Å². The largest absolute Gasteiger partial charge is 0.393 e. The van der Waals surface area contributed by atoms with Gasteiger partial charge in [0.05, 0.1) is 25.1 Å². The summed E-state index contributed by atoms with van der Waals surface area (Å²) in [6.07, 6.45) is 0.904. The fraction of sp³-hybridized carbons (Fsp3) is 0.579. The average Bonchev–Trinajstić information content (AvgIpc) is 3.00. The Labute approximate surface area is 144 Å². The highest BCUT2D eigenvalue weighted by Crippen LogP contribution is 2.24. The second-order valence-electron chi connectivity index (χ2n) is 6.70. The van der Waals surface area contributed by atoms with Crippen LogP contribution < -0.4 is 4.90 Å². The fourth-order valence-electron chi connectivity index (χ4n) is 3.25. The van der Waals surface area contributed by atoms with Crippen LogP contribution in [0.5, 0.6) is 0 Å². The number of anilines is 1. The van der Waals surface area contributed by atoms with Crippen molar-refractivity contribution in [2.45, 2.75) is 39.7 Å². The molecule has 5 heteroatoms. The quantitative estimate of drug-likeness (QED) is 0.869. The standard InChI is InChI=1S/C19H27N3O2/c1-14-6-4-7-18(15(14)2)22(10-5-9-20)19(24)13-21-11-8-17(12-21)16(3)23/h4,6-7,16-17,23H,5,8,10-13H2,1-3H3. The van der Waals surface area contributed by atoms with E-state index in [2.05, 4.69) is 11.0 Å². The van der Waals surface area contributed by atoms with Gasteiger partial charge in [0.1, 0.15) is 0 Å². The van der Waals surface area contributed by atoms with Crippen LogP contribution in [0, 0.1) is 31.1 Å². The van der Waals surface area contributed by atoms with Crippen LogP contribution >= 0.6 is 0 Å². The molecule has 0 aromatic heterocycles. The maximum absolute atomic E-state index is 12.9. The van der Waals surface area contributed by atoms with Crippen LogP contribution in [0.1, 0.15) is 30.9 Å². The molecule has 2 atom stereocenters. The molecule has 24 heavy (non-hydrogen) atoms. The summed E-state index contributed by atoms with van der Waals surface area (Å²) in [7, 11) is 0. The van der Waals surface area contributed by atoms with Crippen molar-refractivity contribution in [3.63, 3.8) is 0 Å². The van der Waals surface area contributed by atoms with Gasteiger partial charge in [0.15, 0.2) is 0 Å². The van der Waals surface area contributed by atoms with Crippen molar-refractivity contribution in [1.29, 1.82) is 5.26 Å². The highest BCUT2D eigenvalue weighted by atomic mass is 16.3. The number of carbonyl (C=O) groups is 1. The van der Waals surface area contributed by atoms with Crippen LogP contribution in [0.15, 0.2) is 18.2 Å². The van der Waals surface area contributed by atoms with Gasteiger partial charge < -0.3 is 10.0 Å². The van der Waals surface area contributed by atoms with E-state index in [4.69, 9.17) is 5.26 Å². The SMILES string of the molecule is Cc1cccc(N(CCC#N)C(=O)CN2CCC(C(C)O)C2)c1C. The zero-order valence-electron chi connectivity index (χ0n) is 14.8. The predicted molar refractivity (Wildman–Crippen MR) is 94.7 cm³/mol. The second-order valence-corrected chi connectivity index (χ2v) is 6.70. The summed E-state index contributed by atoms with van der Waals surface area (Å²) in [6.45, 7) is 8.18. The summed E-state index contributed by atoms with van der Waals surface area (Å²) < 4.78 is 0. The minimum Gasteiger partial charge on any atom is -0.393 e. The Bertz CT molecular complexity index is 622. The third kappa shape index (κ3) is 4.34. The highest BCUT2D eigenvalue weighted by Gasteiger charge is 2.29. The number of likely N-dealkylation sites (tertiary alicyclic amines) is 1. The van der Waals surface area contributed by atoms with Crippen LogP contribution in [0.4, 0.5) is 5.69 Å². The van der Waals surface area contributed by atoms with Crippen LogP contribution in [-0.2, 0) is 4.79 Å². The van der Waals surface area contributed by atoms with E-state index < -0.39 is 0 Å². The summed E-state index contributed by atoms with van der Waals surface area (Å²) in [6, 6.07) is 8.05.